The van der Waals surface area contributed by atoms with Gasteiger partial charge in [0.25, 0.3) is 0 Å². The Morgan fingerprint density at radius 1 is 1.04 bits per heavy atom. The lowest BCUT2D eigenvalue weighted by Gasteiger charge is -2.01. The summed E-state index contributed by atoms with van der Waals surface area (Å²) in [4.78, 5) is 24.3. The lowest BCUT2D eigenvalue weighted by atomic mass is 10.2. The number of imidazole rings is 1. The van der Waals surface area contributed by atoms with Gasteiger partial charge in [-0.3, -0.25) is 14.8 Å². The van der Waals surface area contributed by atoms with Crippen LogP contribution in [0.2, 0.25) is 0 Å². The van der Waals surface area contributed by atoms with Crippen LogP contribution in [0.3, 0.4) is 0 Å². The van der Waals surface area contributed by atoms with E-state index in [9.17, 15) is 4.79 Å². The fourth-order valence-corrected chi connectivity index (χ4v) is 2.92. The average Bonchev–Trinajstić information content (AvgIpc) is 3.09. The molecule has 2 N–H and O–H groups in total. The molecule has 4 heterocycles. The van der Waals surface area contributed by atoms with Crippen molar-refractivity contribution in [3.63, 3.8) is 0 Å². The molecular weight excluding hydrogens is 326 g/mol. The van der Waals surface area contributed by atoms with Crippen molar-refractivity contribution in [2.75, 3.05) is 6.54 Å². The summed E-state index contributed by atoms with van der Waals surface area (Å²) in [5, 5.41) is 2.96. The van der Waals surface area contributed by atoms with Gasteiger partial charge in [0, 0.05) is 42.8 Å². The third-order valence-corrected chi connectivity index (χ3v) is 4.18. The zero-order valence-electron chi connectivity index (χ0n) is 14.1. The molecule has 6 nitrogen and oxygen atoms in total. The van der Waals surface area contributed by atoms with E-state index in [-0.39, 0.29) is 5.91 Å². The maximum Gasteiger partial charge on any atom is 0.351 e. The van der Waals surface area contributed by atoms with Crippen LogP contribution in [0.5, 0.6) is 0 Å². The summed E-state index contributed by atoms with van der Waals surface area (Å²) in [5.74, 6) is 0.343. The second kappa shape index (κ2) is 7.14. The zero-order chi connectivity index (χ0) is 17.8. The van der Waals surface area contributed by atoms with Gasteiger partial charge in [0.2, 0.25) is 0 Å². The SMILES string of the molecule is O=C(NCCc1ccccn1)c1[nH]c(-c2ccncc2)c2cccc[n+]12. The fourth-order valence-electron chi connectivity index (χ4n) is 2.92. The molecule has 26 heavy (non-hydrogen) atoms. The number of aromatic amines is 1. The van der Waals surface area contributed by atoms with Crippen molar-refractivity contribution < 1.29 is 9.20 Å². The lowest BCUT2D eigenvalue weighted by molar-refractivity contribution is -0.513. The largest absolute Gasteiger partial charge is 0.351 e. The van der Waals surface area contributed by atoms with E-state index in [1.165, 1.54) is 0 Å². The molecule has 0 radical (unpaired) electrons. The first-order valence-corrected chi connectivity index (χ1v) is 8.44. The van der Waals surface area contributed by atoms with Gasteiger partial charge in [-0.05, 0) is 36.4 Å². The van der Waals surface area contributed by atoms with Crippen molar-refractivity contribution in [2.45, 2.75) is 6.42 Å². The van der Waals surface area contributed by atoms with Crippen LogP contribution in [0.15, 0.2) is 73.3 Å². The molecule has 4 rings (SSSR count). The molecule has 0 aliphatic rings. The minimum Gasteiger partial charge on any atom is -0.345 e. The van der Waals surface area contributed by atoms with Gasteiger partial charge in [-0.1, -0.05) is 12.1 Å². The van der Waals surface area contributed by atoms with Crippen LogP contribution in [0.1, 0.15) is 16.3 Å². The van der Waals surface area contributed by atoms with Gasteiger partial charge in [-0.25, -0.2) is 4.98 Å². The number of aromatic nitrogens is 4. The van der Waals surface area contributed by atoms with E-state index >= 15 is 0 Å². The van der Waals surface area contributed by atoms with Crippen LogP contribution >= 0.6 is 0 Å². The average molecular weight is 344 g/mol. The molecular formula is C20H18N5O+. The smallest absolute Gasteiger partial charge is 0.345 e. The molecule has 0 aromatic carbocycles. The van der Waals surface area contributed by atoms with E-state index in [4.69, 9.17) is 0 Å². The van der Waals surface area contributed by atoms with Gasteiger partial charge in [0.1, 0.15) is 0 Å². The van der Waals surface area contributed by atoms with Crippen LogP contribution in [0.25, 0.3) is 16.8 Å². The first-order chi connectivity index (χ1) is 12.8. The first-order valence-electron chi connectivity index (χ1n) is 8.44. The second-order valence-corrected chi connectivity index (χ2v) is 5.87. The number of hydrogen-bond donors (Lipinski definition) is 2. The number of carbonyl (C=O) groups excluding carboxylic acids is 1. The molecule has 6 heteroatoms. The van der Waals surface area contributed by atoms with Gasteiger partial charge in [-0.2, -0.15) is 4.40 Å². The molecule has 0 unspecified atom stereocenters. The Kier molecular flexibility index (Phi) is 4.38. The number of carbonyl (C=O) groups is 1. The maximum atomic E-state index is 12.7. The minimum atomic E-state index is -0.151. The standard InChI is InChI=1S/C20H17N5O/c26-20(23-13-9-16-5-1-3-10-22-16)19-24-18(15-7-11-21-12-8-15)17-6-2-4-14-25(17)19/h1-8,10-12,14H,9,13H2,(H,23,26)/p+1. The molecule has 0 bridgehead atoms. The number of amides is 1. The number of hydrogen-bond acceptors (Lipinski definition) is 3. The van der Waals surface area contributed by atoms with Gasteiger partial charge in [0.15, 0.2) is 11.2 Å². The highest BCUT2D eigenvalue weighted by atomic mass is 16.2. The Balaban J connectivity index is 1.59. The molecule has 128 valence electrons. The lowest BCUT2D eigenvalue weighted by Crippen LogP contribution is -2.35. The number of nitrogens with zero attached hydrogens (tertiary/aromatic N) is 3. The van der Waals surface area contributed by atoms with Crippen molar-refractivity contribution in [3.05, 3.63) is 84.8 Å². The normalized spacial score (nSPS) is 10.8. The van der Waals surface area contributed by atoms with E-state index in [0.29, 0.717) is 18.8 Å². The van der Waals surface area contributed by atoms with Crippen LogP contribution in [0.4, 0.5) is 0 Å². The van der Waals surface area contributed by atoms with E-state index in [1.807, 2.05) is 59.1 Å². The predicted molar refractivity (Wildman–Crippen MR) is 97.5 cm³/mol. The molecule has 0 aliphatic heterocycles. The summed E-state index contributed by atoms with van der Waals surface area (Å²) in [7, 11) is 0. The van der Waals surface area contributed by atoms with Gasteiger partial charge >= 0.3 is 11.7 Å². The molecule has 0 saturated heterocycles. The zero-order valence-corrected chi connectivity index (χ0v) is 14.1. The molecule has 0 spiro atoms. The third kappa shape index (κ3) is 3.17. The summed E-state index contributed by atoms with van der Waals surface area (Å²) >= 11 is 0. The molecule has 1 amide bonds. The van der Waals surface area contributed by atoms with E-state index < -0.39 is 0 Å². The molecule has 4 aromatic heterocycles. The van der Waals surface area contributed by atoms with E-state index in [2.05, 4.69) is 20.3 Å². The highest BCUT2D eigenvalue weighted by Crippen LogP contribution is 2.20. The number of pyridine rings is 3. The van der Waals surface area contributed by atoms with Crippen molar-refractivity contribution in [3.8, 4) is 11.3 Å². The topological polar surface area (TPSA) is 74.8 Å². The highest BCUT2D eigenvalue weighted by Gasteiger charge is 2.24. The van der Waals surface area contributed by atoms with Crippen LogP contribution in [0, 0.1) is 0 Å². The Morgan fingerprint density at radius 2 is 1.88 bits per heavy atom. The van der Waals surface area contributed by atoms with Gasteiger partial charge < -0.3 is 5.32 Å². The summed E-state index contributed by atoms with van der Waals surface area (Å²) in [5.41, 5.74) is 3.77. The van der Waals surface area contributed by atoms with Gasteiger partial charge in [-0.15, -0.1) is 0 Å². The molecule has 0 fully saturated rings. The Labute approximate surface area is 150 Å². The number of H-pyrrole nitrogens is 1. The summed E-state index contributed by atoms with van der Waals surface area (Å²) in [6.07, 6.45) is 7.80. The molecule has 4 aromatic rings. The van der Waals surface area contributed by atoms with Crippen LogP contribution in [-0.2, 0) is 6.42 Å². The van der Waals surface area contributed by atoms with Crippen LogP contribution in [-0.4, -0.2) is 27.4 Å². The van der Waals surface area contributed by atoms with E-state index in [0.717, 1.165) is 22.5 Å². The van der Waals surface area contributed by atoms with Crippen LogP contribution < -0.4 is 9.72 Å². The highest BCUT2D eigenvalue weighted by molar-refractivity contribution is 5.91. The molecule has 0 aliphatic carbocycles. The maximum absolute atomic E-state index is 12.7. The molecule has 0 saturated carbocycles. The first kappa shape index (κ1) is 16.0. The Morgan fingerprint density at radius 3 is 2.69 bits per heavy atom. The minimum absolute atomic E-state index is 0.151. The predicted octanol–water partition coefficient (Wildman–Crippen LogP) is 2.18. The Hall–Kier alpha value is -3.54. The van der Waals surface area contributed by atoms with Crippen molar-refractivity contribution in [2.24, 2.45) is 0 Å². The number of rotatable bonds is 5. The van der Waals surface area contributed by atoms with Crippen molar-refractivity contribution in [1.29, 1.82) is 0 Å². The summed E-state index contributed by atoms with van der Waals surface area (Å²) < 4.78 is 1.87. The summed E-state index contributed by atoms with van der Waals surface area (Å²) in [6, 6.07) is 15.5. The van der Waals surface area contributed by atoms with Crippen molar-refractivity contribution >= 4 is 11.4 Å². The summed E-state index contributed by atoms with van der Waals surface area (Å²) in [6.45, 7) is 0.522. The fraction of sp³-hybridized carbons (Fsp3) is 0.100. The number of nitrogens with one attached hydrogen (secondary N) is 2. The van der Waals surface area contributed by atoms with E-state index in [1.54, 1.807) is 18.6 Å². The number of fused-ring (bicyclic) bond motifs is 1. The van der Waals surface area contributed by atoms with Gasteiger partial charge in [0.05, 0.1) is 6.20 Å². The van der Waals surface area contributed by atoms with Crippen molar-refractivity contribution in [1.82, 2.24) is 20.3 Å². The molecule has 0 atom stereocenters. The quantitative estimate of drug-likeness (QED) is 0.545. The Bertz CT molecular complexity index is 1030. The second-order valence-electron chi connectivity index (χ2n) is 5.87. The third-order valence-electron chi connectivity index (χ3n) is 4.18. The monoisotopic (exact) mass is 344 g/mol.